The summed E-state index contributed by atoms with van der Waals surface area (Å²) in [5.74, 6) is -0.217. The Morgan fingerprint density at radius 1 is 1.43 bits per heavy atom. The van der Waals surface area contributed by atoms with Crippen molar-refractivity contribution in [3.63, 3.8) is 0 Å². The number of amides is 1. The average molecular weight is 214 g/mol. The summed E-state index contributed by atoms with van der Waals surface area (Å²) in [6.07, 6.45) is -1.23. The fourth-order valence-electron chi connectivity index (χ4n) is 1.04. The minimum atomic E-state index is -1.23. The van der Waals surface area contributed by atoms with E-state index in [2.05, 4.69) is 5.32 Å². The summed E-state index contributed by atoms with van der Waals surface area (Å²) in [6.45, 7) is 1.36. The van der Waals surface area contributed by atoms with Crippen LogP contribution in [-0.2, 0) is 0 Å². The molecule has 0 aliphatic heterocycles. The first-order chi connectivity index (χ1) is 6.50. The van der Waals surface area contributed by atoms with Gasteiger partial charge in [-0.1, -0.05) is 11.6 Å². The molecule has 0 radical (unpaired) electrons. The highest BCUT2D eigenvalue weighted by atomic mass is 35.5. The van der Waals surface area contributed by atoms with Crippen LogP contribution in [0.5, 0.6) is 0 Å². The van der Waals surface area contributed by atoms with Crippen molar-refractivity contribution >= 4 is 29.2 Å². The molecule has 0 spiro atoms. The Balaban J connectivity index is 3.15. The van der Waals surface area contributed by atoms with Gasteiger partial charge >= 0.3 is 6.09 Å². The first kappa shape index (κ1) is 10.5. The van der Waals surface area contributed by atoms with Gasteiger partial charge in [0.25, 0.3) is 0 Å². The fourth-order valence-corrected chi connectivity index (χ4v) is 1.21. The molecule has 0 aromatic heterocycles. The summed E-state index contributed by atoms with van der Waals surface area (Å²) in [5.41, 5.74) is 0.509. The van der Waals surface area contributed by atoms with Crippen LogP contribution in [0.2, 0.25) is 5.02 Å². The first-order valence-electron chi connectivity index (χ1n) is 3.81. The van der Waals surface area contributed by atoms with Crippen LogP contribution < -0.4 is 5.32 Å². The summed E-state index contributed by atoms with van der Waals surface area (Å²) in [7, 11) is 0. The number of anilines is 1. The summed E-state index contributed by atoms with van der Waals surface area (Å²) in [5, 5.41) is 11.0. The van der Waals surface area contributed by atoms with E-state index < -0.39 is 6.09 Å². The Bertz CT molecular complexity index is 390. The number of halogens is 1. The lowest BCUT2D eigenvalue weighted by molar-refractivity contribution is 0.101. The molecule has 1 aromatic carbocycles. The Morgan fingerprint density at radius 2 is 2.07 bits per heavy atom. The van der Waals surface area contributed by atoms with Gasteiger partial charge in [0.1, 0.15) is 0 Å². The molecule has 0 bridgehead atoms. The number of carboxylic acid groups (broad SMARTS) is 1. The Morgan fingerprint density at radius 3 is 2.57 bits per heavy atom. The second-order valence-corrected chi connectivity index (χ2v) is 3.11. The monoisotopic (exact) mass is 213 g/mol. The zero-order valence-corrected chi connectivity index (χ0v) is 8.13. The van der Waals surface area contributed by atoms with E-state index in [9.17, 15) is 9.59 Å². The molecule has 1 rings (SSSR count). The van der Waals surface area contributed by atoms with Crippen molar-refractivity contribution in [2.45, 2.75) is 6.92 Å². The average Bonchev–Trinajstić information content (AvgIpc) is 2.01. The minimum absolute atomic E-state index is 0.206. The number of ketones is 1. The maximum atomic E-state index is 11.1. The van der Waals surface area contributed by atoms with E-state index in [0.717, 1.165) is 0 Å². The van der Waals surface area contributed by atoms with E-state index in [1.807, 2.05) is 0 Å². The third kappa shape index (κ3) is 2.47. The number of Topliss-reactive ketones (excluding diaryl/α,β-unsaturated/α-hetero) is 1. The molecule has 1 aromatic rings. The molecule has 74 valence electrons. The van der Waals surface area contributed by atoms with Crippen molar-refractivity contribution in [3.05, 3.63) is 28.8 Å². The number of carbonyl (C=O) groups excluding carboxylic acids is 1. The molecule has 0 saturated heterocycles. The van der Waals surface area contributed by atoms with Crippen molar-refractivity contribution in [1.82, 2.24) is 0 Å². The van der Waals surface area contributed by atoms with Gasteiger partial charge in [-0.3, -0.25) is 10.1 Å². The maximum absolute atomic E-state index is 11.1. The van der Waals surface area contributed by atoms with Crippen molar-refractivity contribution in [1.29, 1.82) is 0 Å². The van der Waals surface area contributed by atoms with Gasteiger partial charge in [0.05, 0.1) is 5.69 Å². The zero-order valence-electron chi connectivity index (χ0n) is 7.37. The van der Waals surface area contributed by atoms with Gasteiger partial charge in [0.2, 0.25) is 0 Å². The van der Waals surface area contributed by atoms with E-state index in [1.54, 1.807) is 0 Å². The second-order valence-electron chi connectivity index (χ2n) is 2.68. The van der Waals surface area contributed by atoms with Crippen LogP contribution in [0.4, 0.5) is 10.5 Å². The molecule has 0 aliphatic carbocycles. The lowest BCUT2D eigenvalue weighted by Gasteiger charge is -2.06. The number of hydrogen-bond donors (Lipinski definition) is 2. The van der Waals surface area contributed by atoms with Crippen molar-refractivity contribution in [3.8, 4) is 0 Å². The highest BCUT2D eigenvalue weighted by molar-refractivity contribution is 6.31. The van der Waals surface area contributed by atoms with E-state index in [0.29, 0.717) is 10.6 Å². The van der Waals surface area contributed by atoms with E-state index >= 15 is 0 Å². The lowest BCUT2D eigenvalue weighted by atomic mass is 10.1. The molecule has 0 saturated carbocycles. The first-order valence-corrected chi connectivity index (χ1v) is 4.19. The third-order valence-electron chi connectivity index (χ3n) is 1.60. The number of rotatable bonds is 2. The quantitative estimate of drug-likeness (QED) is 0.743. The Hall–Kier alpha value is -1.55. The van der Waals surface area contributed by atoms with Gasteiger partial charge in [-0.15, -0.1) is 0 Å². The highest BCUT2D eigenvalue weighted by Crippen LogP contribution is 2.21. The van der Waals surface area contributed by atoms with Gasteiger partial charge in [0.15, 0.2) is 5.78 Å². The maximum Gasteiger partial charge on any atom is 0.409 e. The van der Waals surface area contributed by atoms with Gasteiger partial charge < -0.3 is 5.11 Å². The van der Waals surface area contributed by atoms with Gasteiger partial charge in [-0.05, 0) is 25.1 Å². The summed E-state index contributed by atoms with van der Waals surface area (Å²) in [6, 6.07) is 4.41. The molecule has 0 heterocycles. The van der Waals surface area contributed by atoms with Gasteiger partial charge in [-0.25, -0.2) is 4.79 Å². The molecule has 5 heteroatoms. The standard InChI is InChI=1S/C9H8ClNO3/c1-5(12)7-3-2-6(10)4-8(7)11-9(13)14/h2-4,11H,1H3,(H,13,14). The molecular formula is C9H8ClNO3. The van der Waals surface area contributed by atoms with Crippen LogP contribution >= 0.6 is 11.6 Å². The smallest absolute Gasteiger partial charge is 0.409 e. The molecular weight excluding hydrogens is 206 g/mol. The highest BCUT2D eigenvalue weighted by Gasteiger charge is 2.09. The Kier molecular flexibility index (Phi) is 3.09. The Labute approximate surface area is 85.5 Å². The van der Waals surface area contributed by atoms with Crippen molar-refractivity contribution < 1.29 is 14.7 Å². The lowest BCUT2D eigenvalue weighted by Crippen LogP contribution is -2.10. The van der Waals surface area contributed by atoms with Crippen LogP contribution in [0.3, 0.4) is 0 Å². The number of nitrogens with one attached hydrogen (secondary N) is 1. The van der Waals surface area contributed by atoms with Crippen LogP contribution in [0.1, 0.15) is 17.3 Å². The number of carbonyl (C=O) groups is 2. The molecule has 2 N–H and O–H groups in total. The topological polar surface area (TPSA) is 66.4 Å². The van der Waals surface area contributed by atoms with E-state index in [1.165, 1.54) is 25.1 Å². The fraction of sp³-hybridized carbons (Fsp3) is 0.111. The largest absolute Gasteiger partial charge is 0.465 e. The molecule has 14 heavy (non-hydrogen) atoms. The van der Waals surface area contributed by atoms with Crippen LogP contribution in [0.15, 0.2) is 18.2 Å². The van der Waals surface area contributed by atoms with E-state index in [-0.39, 0.29) is 11.5 Å². The van der Waals surface area contributed by atoms with Crippen LogP contribution in [0.25, 0.3) is 0 Å². The van der Waals surface area contributed by atoms with Crippen molar-refractivity contribution in [2.24, 2.45) is 0 Å². The minimum Gasteiger partial charge on any atom is -0.465 e. The molecule has 0 fully saturated rings. The van der Waals surface area contributed by atoms with E-state index in [4.69, 9.17) is 16.7 Å². The molecule has 4 nitrogen and oxygen atoms in total. The molecule has 0 atom stereocenters. The SMILES string of the molecule is CC(=O)c1ccc(Cl)cc1NC(=O)O. The van der Waals surface area contributed by atoms with Crippen LogP contribution in [-0.4, -0.2) is 17.0 Å². The predicted octanol–water partition coefficient (Wildman–Crippen LogP) is 2.63. The van der Waals surface area contributed by atoms with Gasteiger partial charge in [0, 0.05) is 10.6 Å². The number of hydrogen-bond acceptors (Lipinski definition) is 2. The van der Waals surface area contributed by atoms with Crippen molar-refractivity contribution in [2.75, 3.05) is 5.32 Å². The molecule has 1 amide bonds. The normalized spacial score (nSPS) is 9.57. The molecule has 0 unspecified atom stereocenters. The third-order valence-corrected chi connectivity index (χ3v) is 1.84. The molecule has 0 aliphatic rings. The summed E-state index contributed by atoms with van der Waals surface area (Å²) in [4.78, 5) is 21.5. The number of benzene rings is 1. The second kappa shape index (κ2) is 4.11. The van der Waals surface area contributed by atoms with Crippen LogP contribution in [0, 0.1) is 0 Å². The summed E-state index contributed by atoms with van der Waals surface area (Å²) >= 11 is 5.66. The zero-order chi connectivity index (χ0) is 10.7. The predicted molar refractivity (Wildman–Crippen MR) is 53.1 cm³/mol. The summed E-state index contributed by atoms with van der Waals surface area (Å²) < 4.78 is 0. The van der Waals surface area contributed by atoms with Gasteiger partial charge in [-0.2, -0.15) is 0 Å².